The molecule has 0 heterocycles. The van der Waals surface area contributed by atoms with E-state index in [9.17, 15) is 0 Å². The second kappa shape index (κ2) is 7.44. The van der Waals surface area contributed by atoms with Crippen molar-refractivity contribution in [1.82, 2.24) is 0 Å². The lowest BCUT2D eigenvalue weighted by molar-refractivity contribution is 0.0179. The fraction of sp³-hybridized carbons (Fsp3) is 0.647. The van der Waals surface area contributed by atoms with Gasteiger partial charge in [-0.05, 0) is 49.3 Å². The van der Waals surface area contributed by atoms with Gasteiger partial charge < -0.3 is 10.5 Å². The standard InChI is InChI=1S/C17H26ClNO/c1-12-8-9-14(15(18)10-12)11-16(19)17(20-2)13-6-4-3-5-7-13/h8-10,13,16-17H,3-7,11,19H2,1-2H3. The maximum Gasteiger partial charge on any atom is 0.0753 e. The molecule has 1 aromatic rings. The first kappa shape index (κ1) is 15.8. The molecule has 0 saturated heterocycles. The topological polar surface area (TPSA) is 35.2 Å². The average Bonchev–Trinajstić information content (AvgIpc) is 2.44. The zero-order valence-electron chi connectivity index (χ0n) is 12.6. The third-order valence-electron chi connectivity index (χ3n) is 4.47. The molecule has 2 N–H and O–H groups in total. The van der Waals surface area contributed by atoms with E-state index in [1.165, 1.54) is 37.7 Å². The van der Waals surface area contributed by atoms with Crippen LogP contribution < -0.4 is 5.73 Å². The predicted octanol–water partition coefficient (Wildman–Crippen LogP) is 4.11. The zero-order chi connectivity index (χ0) is 14.5. The number of ether oxygens (including phenoxy) is 1. The van der Waals surface area contributed by atoms with E-state index >= 15 is 0 Å². The number of benzene rings is 1. The van der Waals surface area contributed by atoms with Gasteiger partial charge in [0.25, 0.3) is 0 Å². The number of hydrogen-bond acceptors (Lipinski definition) is 2. The van der Waals surface area contributed by atoms with Gasteiger partial charge in [0, 0.05) is 18.2 Å². The molecule has 2 atom stereocenters. The van der Waals surface area contributed by atoms with E-state index in [1.807, 2.05) is 6.07 Å². The molecule has 112 valence electrons. The third-order valence-corrected chi connectivity index (χ3v) is 4.82. The van der Waals surface area contributed by atoms with Crippen molar-refractivity contribution in [3.63, 3.8) is 0 Å². The van der Waals surface area contributed by atoms with Gasteiger partial charge in [-0.1, -0.05) is 43.0 Å². The van der Waals surface area contributed by atoms with E-state index in [4.69, 9.17) is 22.1 Å². The van der Waals surface area contributed by atoms with Crippen molar-refractivity contribution in [3.05, 3.63) is 34.3 Å². The summed E-state index contributed by atoms with van der Waals surface area (Å²) >= 11 is 6.31. The number of methoxy groups -OCH3 is 1. The van der Waals surface area contributed by atoms with Crippen LogP contribution in [-0.2, 0) is 11.2 Å². The first-order chi connectivity index (χ1) is 9.61. The van der Waals surface area contributed by atoms with Crippen LogP contribution in [-0.4, -0.2) is 19.3 Å². The summed E-state index contributed by atoms with van der Waals surface area (Å²) in [6.07, 6.45) is 7.39. The lowest BCUT2D eigenvalue weighted by atomic mass is 9.81. The van der Waals surface area contributed by atoms with E-state index < -0.39 is 0 Å². The third kappa shape index (κ3) is 3.97. The Morgan fingerprint density at radius 1 is 1.30 bits per heavy atom. The molecule has 1 fully saturated rings. The Morgan fingerprint density at radius 3 is 2.60 bits per heavy atom. The van der Waals surface area contributed by atoms with Crippen LogP contribution >= 0.6 is 11.6 Å². The van der Waals surface area contributed by atoms with Gasteiger partial charge in [0.05, 0.1) is 6.10 Å². The van der Waals surface area contributed by atoms with Crippen molar-refractivity contribution in [1.29, 1.82) is 0 Å². The van der Waals surface area contributed by atoms with Crippen LogP contribution in [0, 0.1) is 12.8 Å². The maximum absolute atomic E-state index is 6.41. The van der Waals surface area contributed by atoms with Crippen molar-refractivity contribution < 1.29 is 4.74 Å². The van der Waals surface area contributed by atoms with E-state index in [-0.39, 0.29) is 12.1 Å². The molecule has 0 aromatic heterocycles. The summed E-state index contributed by atoms with van der Waals surface area (Å²) in [5.74, 6) is 0.605. The second-order valence-electron chi connectivity index (χ2n) is 6.06. The molecule has 1 aliphatic rings. The number of aryl methyl sites for hydroxylation is 1. The average molecular weight is 296 g/mol. The smallest absolute Gasteiger partial charge is 0.0753 e. The highest BCUT2D eigenvalue weighted by Crippen LogP contribution is 2.30. The molecular weight excluding hydrogens is 270 g/mol. The molecule has 0 aliphatic heterocycles. The van der Waals surface area contributed by atoms with Crippen molar-refractivity contribution >= 4 is 11.6 Å². The van der Waals surface area contributed by atoms with Crippen LogP contribution in [0.5, 0.6) is 0 Å². The van der Waals surface area contributed by atoms with Gasteiger partial charge in [-0.3, -0.25) is 0 Å². The van der Waals surface area contributed by atoms with E-state index in [1.54, 1.807) is 7.11 Å². The largest absolute Gasteiger partial charge is 0.380 e. The molecule has 0 spiro atoms. The Bertz CT molecular complexity index is 429. The molecule has 20 heavy (non-hydrogen) atoms. The van der Waals surface area contributed by atoms with E-state index in [2.05, 4.69) is 19.1 Å². The normalized spacial score (nSPS) is 19.8. The molecule has 3 heteroatoms. The molecule has 2 rings (SSSR count). The minimum atomic E-state index is 0.0170. The Morgan fingerprint density at radius 2 is 2.00 bits per heavy atom. The molecule has 0 amide bonds. The van der Waals surface area contributed by atoms with Crippen LogP contribution in [0.1, 0.15) is 43.2 Å². The Balaban J connectivity index is 2.02. The monoisotopic (exact) mass is 295 g/mol. The first-order valence-electron chi connectivity index (χ1n) is 7.65. The minimum Gasteiger partial charge on any atom is -0.380 e. The predicted molar refractivity (Wildman–Crippen MR) is 85.2 cm³/mol. The summed E-state index contributed by atoms with van der Waals surface area (Å²) < 4.78 is 5.72. The zero-order valence-corrected chi connectivity index (χ0v) is 13.3. The van der Waals surface area contributed by atoms with Gasteiger partial charge in [-0.2, -0.15) is 0 Å². The molecule has 2 nitrogen and oxygen atoms in total. The van der Waals surface area contributed by atoms with Crippen molar-refractivity contribution in [3.8, 4) is 0 Å². The Hall–Kier alpha value is -0.570. The number of halogens is 1. The van der Waals surface area contributed by atoms with Gasteiger partial charge in [0.15, 0.2) is 0 Å². The van der Waals surface area contributed by atoms with E-state index in [0.29, 0.717) is 5.92 Å². The van der Waals surface area contributed by atoms with Crippen LogP contribution in [0.25, 0.3) is 0 Å². The highest BCUT2D eigenvalue weighted by atomic mass is 35.5. The van der Waals surface area contributed by atoms with Crippen molar-refractivity contribution in [2.45, 2.75) is 57.6 Å². The van der Waals surface area contributed by atoms with Gasteiger partial charge in [0.1, 0.15) is 0 Å². The number of nitrogens with two attached hydrogens (primary N) is 1. The molecule has 0 bridgehead atoms. The van der Waals surface area contributed by atoms with Crippen LogP contribution in [0.15, 0.2) is 18.2 Å². The van der Waals surface area contributed by atoms with Gasteiger partial charge in [-0.15, -0.1) is 0 Å². The number of hydrogen-bond donors (Lipinski definition) is 1. The lowest BCUT2D eigenvalue weighted by Gasteiger charge is -2.33. The summed E-state index contributed by atoms with van der Waals surface area (Å²) in [6.45, 7) is 2.05. The van der Waals surface area contributed by atoms with Crippen LogP contribution in [0.3, 0.4) is 0 Å². The fourth-order valence-corrected chi connectivity index (χ4v) is 3.68. The summed E-state index contributed by atoms with van der Waals surface area (Å²) in [7, 11) is 1.79. The minimum absolute atomic E-state index is 0.0170. The molecular formula is C17H26ClNO. The van der Waals surface area contributed by atoms with Crippen LogP contribution in [0.2, 0.25) is 5.02 Å². The van der Waals surface area contributed by atoms with Crippen molar-refractivity contribution in [2.24, 2.45) is 11.7 Å². The van der Waals surface area contributed by atoms with Gasteiger partial charge >= 0.3 is 0 Å². The summed E-state index contributed by atoms with van der Waals surface area (Å²) in [4.78, 5) is 0. The Kier molecular flexibility index (Phi) is 5.88. The fourth-order valence-electron chi connectivity index (χ4n) is 3.37. The molecule has 1 aromatic carbocycles. The quantitative estimate of drug-likeness (QED) is 0.887. The summed E-state index contributed by atoms with van der Waals surface area (Å²) in [6, 6.07) is 6.20. The molecule has 1 saturated carbocycles. The molecule has 1 aliphatic carbocycles. The van der Waals surface area contributed by atoms with Crippen molar-refractivity contribution in [2.75, 3.05) is 7.11 Å². The molecule has 0 radical (unpaired) electrons. The second-order valence-corrected chi connectivity index (χ2v) is 6.47. The highest BCUT2D eigenvalue weighted by Gasteiger charge is 2.28. The summed E-state index contributed by atoms with van der Waals surface area (Å²) in [5, 5.41) is 0.818. The van der Waals surface area contributed by atoms with Gasteiger partial charge in [0.2, 0.25) is 0 Å². The van der Waals surface area contributed by atoms with Gasteiger partial charge in [-0.25, -0.2) is 0 Å². The Labute approximate surface area is 127 Å². The number of rotatable bonds is 5. The highest BCUT2D eigenvalue weighted by molar-refractivity contribution is 6.31. The van der Waals surface area contributed by atoms with Crippen LogP contribution in [0.4, 0.5) is 0 Å². The summed E-state index contributed by atoms with van der Waals surface area (Å²) in [5.41, 5.74) is 8.73. The first-order valence-corrected chi connectivity index (χ1v) is 8.03. The lowest BCUT2D eigenvalue weighted by Crippen LogP contribution is -2.43. The maximum atomic E-state index is 6.41. The van der Waals surface area contributed by atoms with E-state index in [0.717, 1.165) is 17.0 Å². The SMILES string of the molecule is COC(C(N)Cc1ccc(C)cc1Cl)C1CCCCC1. The molecule has 2 unspecified atom stereocenters.